The Morgan fingerprint density at radius 2 is 1.85 bits per heavy atom. The van der Waals surface area contributed by atoms with Crippen LogP contribution in [0.4, 0.5) is 0 Å². The number of hydrogen-bond acceptors (Lipinski definition) is 4. The quantitative estimate of drug-likeness (QED) is 0.656. The number of rotatable bonds is 5. The van der Waals surface area contributed by atoms with E-state index in [9.17, 15) is 13.2 Å². The summed E-state index contributed by atoms with van der Waals surface area (Å²) in [4.78, 5) is 11.4. The Bertz CT molecular complexity index is 277. The summed E-state index contributed by atoms with van der Waals surface area (Å²) < 4.78 is 25.9. The summed E-state index contributed by atoms with van der Waals surface area (Å²) in [6.07, 6.45) is 1.05. The summed E-state index contributed by atoms with van der Waals surface area (Å²) in [5.74, 6) is -0.406. The van der Waals surface area contributed by atoms with Gasteiger partial charge in [-0.3, -0.25) is 4.79 Å². The lowest BCUT2D eigenvalue weighted by atomic mass is 10.1. The van der Waals surface area contributed by atoms with Crippen molar-refractivity contribution < 1.29 is 17.9 Å². The second-order valence-electron chi connectivity index (χ2n) is 3.34. The molecule has 0 N–H and O–H groups in total. The normalized spacial score (nSPS) is 12.9. The fourth-order valence-corrected chi connectivity index (χ4v) is 1.05. The molecule has 0 aromatic heterocycles. The molecule has 5 heteroatoms. The van der Waals surface area contributed by atoms with Gasteiger partial charge in [-0.25, -0.2) is 8.42 Å². The van der Waals surface area contributed by atoms with Gasteiger partial charge < -0.3 is 4.74 Å². The molecule has 0 aliphatic carbocycles. The maximum Gasteiger partial charge on any atom is 0.178 e. The van der Waals surface area contributed by atoms with E-state index in [2.05, 4.69) is 0 Å². The van der Waals surface area contributed by atoms with Gasteiger partial charge in [0.15, 0.2) is 15.6 Å². The zero-order chi connectivity index (χ0) is 10.7. The number of carbonyl (C=O) groups is 1. The molecule has 0 bridgehead atoms. The van der Waals surface area contributed by atoms with Crippen LogP contribution in [0, 0.1) is 0 Å². The lowest BCUT2D eigenvalue weighted by Gasteiger charge is -2.20. The summed E-state index contributed by atoms with van der Waals surface area (Å²) in [6.45, 7) is 4.80. The van der Waals surface area contributed by atoms with E-state index < -0.39 is 20.4 Å². The topological polar surface area (TPSA) is 60.4 Å². The van der Waals surface area contributed by atoms with Gasteiger partial charge in [-0.15, -0.1) is 0 Å². The van der Waals surface area contributed by atoms with Crippen molar-refractivity contribution in [3.63, 3.8) is 0 Å². The number of ketones is 1. The van der Waals surface area contributed by atoms with Crippen LogP contribution in [-0.2, 0) is 19.4 Å². The average molecular weight is 208 g/mol. The third-order valence-corrected chi connectivity index (χ3v) is 4.12. The smallest absolute Gasteiger partial charge is 0.178 e. The maximum absolute atomic E-state index is 11.4. The van der Waals surface area contributed by atoms with Crippen LogP contribution >= 0.6 is 0 Å². The highest BCUT2D eigenvalue weighted by atomic mass is 32.2. The van der Waals surface area contributed by atoms with Crippen LogP contribution in [0.5, 0.6) is 0 Å². The Morgan fingerprint density at radius 3 is 2.15 bits per heavy atom. The van der Waals surface area contributed by atoms with Gasteiger partial charge in [0, 0.05) is 12.9 Å². The number of hydrogen-bond donors (Lipinski definition) is 0. The molecular formula is C8H16O4S. The lowest BCUT2D eigenvalue weighted by Crippen LogP contribution is -2.42. The van der Waals surface area contributed by atoms with Crippen molar-refractivity contribution in [2.24, 2.45) is 0 Å². The van der Waals surface area contributed by atoms with Crippen LogP contribution in [0.2, 0.25) is 0 Å². The molecule has 0 atom stereocenters. The lowest BCUT2D eigenvalue weighted by molar-refractivity contribution is -0.125. The van der Waals surface area contributed by atoms with E-state index in [1.54, 1.807) is 6.92 Å². The van der Waals surface area contributed by atoms with Gasteiger partial charge >= 0.3 is 0 Å². The predicted molar refractivity (Wildman–Crippen MR) is 50.4 cm³/mol. The van der Waals surface area contributed by atoms with Crippen LogP contribution in [-0.4, -0.2) is 38.4 Å². The van der Waals surface area contributed by atoms with Gasteiger partial charge in [0.05, 0.1) is 0 Å². The van der Waals surface area contributed by atoms with Gasteiger partial charge in [-0.1, -0.05) is 0 Å². The minimum absolute atomic E-state index is 0.142. The molecule has 0 heterocycles. The van der Waals surface area contributed by atoms with E-state index >= 15 is 0 Å². The highest BCUT2D eigenvalue weighted by Gasteiger charge is 2.37. The minimum Gasteiger partial charge on any atom is -0.374 e. The zero-order valence-corrected chi connectivity index (χ0v) is 9.27. The number of Topliss-reactive ketones (excluding diaryl/α,β-unsaturated/α-hetero) is 1. The molecule has 0 rings (SSSR count). The van der Waals surface area contributed by atoms with Gasteiger partial charge in [0.1, 0.15) is 11.4 Å². The van der Waals surface area contributed by atoms with Crippen molar-refractivity contribution in [1.82, 2.24) is 0 Å². The first-order valence-corrected chi connectivity index (χ1v) is 5.93. The largest absolute Gasteiger partial charge is 0.374 e. The summed E-state index contributed by atoms with van der Waals surface area (Å²) in [5, 5.41) is 0. The number of carbonyl (C=O) groups excluding carboxylic acids is 1. The van der Waals surface area contributed by atoms with Crippen molar-refractivity contribution in [2.45, 2.75) is 25.5 Å². The van der Waals surface area contributed by atoms with E-state index in [-0.39, 0.29) is 6.61 Å². The molecule has 0 saturated heterocycles. The predicted octanol–water partition coefficient (Wildman–Crippen LogP) is 0.415. The zero-order valence-electron chi connectivity index (χ0n) is 8.46. The second kappa shape index (κ2) is 4.19. The summed E-state index contributed by atoms with van der Waals surface area (Å²) >= 11 is 0. The molecule has 0 aromatic carbocycles. The van der Waals surface area contributed by atoms with E-state index in [1.807, 2.05) is 0 Å². The van der Waals surface area contributed by atoms with E-state index in [4.69, 9.17) is 4.74 Å². The van der Waals surface area contributed by atoms with Gasteiger partial charge in [0.25, 0.3) is 0 Å². The molecule has 0 radical (unpaired) electrons. The minimum atomic E-state index is -3.36. The molecule has 0 amide bonds. The Kier molecular flexibility index (Phi) is 4.06. The third-order valence-electron chi connectivity index (χ3n) is 2.04. The van der Waals surface area contributed by atoms with Crippen molar-refractivity contribution >= 4 is 15.6 Å². The maximum atomic E-state index is 11.4. The Morgan fingerprint density at radius 1 is 1.38 bits per heavy atom. The fourth-order valence-electron chi connectivity index (χ4n) is 0.575. The van der Waals surface area contributed by atoms with Crippen molar-refractivity contribution in [3.8, 4) is 0 Å². The number of ether oxygens (including phenoxy) is 1. The van der Waals surface area contributed by atoms with Crippen molar-refractivity contribution in [3.05, 3.63) is 0 Å². The van der Waals surface area contributed by atoms with Crippen LogP contribution in [0.15, 0.2) is 0 Å². The molecule has 0 unspecified atom stereocenters. The molecule has 13 heavy (non-hydrogen) atoms. The first-order valence-electron chi connectivity index (χ1n) is 4.04. The van der Waals surface area contributed by atoms with Gasteiger partial charge in [-0.2, -0.15) is 0 Å². The third kappa shape index (κ3) is 3.08. The second-order valence-corrected chi connectivity index (χ2v) is 5.91. The molecule has 0 saturated carbocycles. The standard InChI is InChI=1S/C8H16O4S/c1-5-12-6-7(9)8(2,3)13(4,10)11/h5-6H2,1-4H3. The molecule has 0 aliphatic rings. The number of sulfone groups is 1. The van der Waals surface area contributed by atoms with Crippen LogP contribution in [0.3, 0.4) is 0 Å². The first-order chi connectivity index (χ1) is 5.73. The van der Waals surface area contributed by atoms with Crippen LogP contribution in [0.1, 0.15) is 20.8 Å². The van der Waals surface area contributed by atoms with Crippen LogP contribution in [0.25, 0.3) is 0 Å². The van der Waals surface area contributed by atoms with Crippen molar-refractivity contribution in [2.75, 3.05) is 19.5 Å². The Hall–Kier alpha value is -0.420. The van der Waals surface area contributed by atoms with Gasteiger partial charge in [-0.05, 0) is 20.8 Å². The summed E-state index contributed by atoms with van der Waals surface area (Å²) in [5.41, 5.74) is 0. The molecule has 0 spiro atoms. The van der Waals surface area contributed by atoms with Crippen molar-refractivity contribution in [1.29, 1.82) is 0 Å². The molecule has 0 aromatic rings. The Labute approximate surface area is 79.2 Å². The molecule has 0 fully saturated rings. The average Bonchev–Trinajstić information content (AvgIpc) is 1.97. The molecule has 4 nitrogen and oxygen atoms in total. The molecule has 0 aliphatic heterocycles. The van der Waals surface area contributed by atoms with E-state index in [0.29, 0.717) is 6.61 Å². The van der Waals surface area contributed by atoms with Gasteiger partial charge in [0.2, 0.25) is 0 Å². The Balaban J connectivity index is 4.57. The van der Waals surface area contributed by atoms with Crippen LogP contribution < -0.4 is 0 Å². The highest BCUT2D eigenvalue weighted by Crippen LogP contribution is 2.16. The first kappa shape index (κ1) is 12.6. The van der Waals surface area contributed by atoms with E-state index in [0.717, 1.165) is 6.26 Å². The SMILES string of the molecule is CCOCC(=O)C(C)(C)S(C)(=O)=O. The molecule has 78 valence electrons. The highest BCUT2D eigenvalue weighted by molar-refractivity contribution is 7.92. The van der Waals surface area contributed by atoms with E-state index in [1.165, 1.54) is 13.8 Å². The summed E-state index contributed by atoms with van der Waals surface area (Å²) in [6, 6.07) is 0. The molecular weight excluding hydrogens is 192 g/mol. The monoisotopic (exact) mass is 208 g/mol. The summed E-state index contributed by atoms with van der Waals surface area (Å²) in [7, 11) is -3.36. The fraction of sp³-hybridized carbons (Fsp3) is 0.875.